The molecule has 0 heterocycles. The van der Waals surface area contributed by atoms with Gasteiger partial charge < -0.3 is 14.2 Å². The van der Waals surface area contributed by atoms with Gasteiger partial charge in [0.25, 0.3) is 0 Å². The summed E-state index contributed by atoms with van der Waals surface area (Å²) in [6.07, 6.45) is 7.44. The molecule has 0 spiro atoms. The summed E-state index contributed by atoms with van der Waals surface area (Å²) in [6, 6.07) is 19.6. The molecule has 0 radical (unpaired) electrons. The lowest BCUT2D eigenvalue weighted by molar-refractivity contribution is 0.0734. The van der Waals surface area contributed by atoms with E-state index in [4.69, 9.17) is 14.2 Å². The molecule has 39 heavy (non-hydrogen) atoms. The molecule has 2 unspecified atom stereocenters. The molecule has 0 aliphatic carbocycles. The van der Waals surface area contributed by atoms with Crippen LogP contribution in [-0.4, -0.2) is 25.8 Å². The van der Waals surface area contributed by atoms with Gasteiger partial charge in [0.05, 0.1) is 18.3 Å². The van der Waals surface area contributed by atoms with Gasteiger partial charge in [0.1, 0.15) is 5.75 Å². The van der Waals surface area contributed by atoms with E-state index in [1.165, 1.54) is 25.3 Å². The molecule has 2 atom stereocenters. The van der Waals surface area contributed by atoms with Gasteiger partial charge in [-0.1, -0.05) is 70.4 Å². The molecule has 0 aliphatic heterocycles. The minimum atomic E-state index is -0.416. The molecule has 5 heteroatoms. The predicted octanol–water partition coefficient (Wildman–Crippen LogP) is 9.05. The Kier molecular flexibility index (Phi) is 11.5. The van der Waals surface area contributed by atoms with E-state index in [-0.39, 0.29) is 23.1 Å². The van der Waals surface area contributed by atoms with Gasteiger partial charge in [-0.2, -0.15) is 0 Å². The van der Waals surface area contributed by atoms with Crippen LogP contribution in [0, 0.1) is 11.2 Å². The molecule has 210 valence electrons. The summed E-state index contributed by atoms with van der Waals surface area (Å²) in [4.78, 5) is 12.7. The smallest absolute Gasteiger partial charge is 0.343 e. The highest BCUT2D eigenvalue weighted by Crippen LogP contribution is 2.29. The first-order chi connectivity index (χ1) is 18.8. The van der Waals surface area contributed by atoms with E-state index in [9.17, 15) is 9.18 Å². The highest BCUT2D eigenvalue weighted by atomic mass is 19.1. The van der Waals surface area contributed by atoms with Gasteiger partial charge >= 0.3 is 5.97 Å². The average molecular weight is 535 g/mol. The third-order valence-electron chi connectivity index (χ3n) is 7.29. The fourth-order valence-electron chi connectivity index (χ4n) is 4.67. The molecular formula is C34H43FO4. The van der Waals surface area contributed by atoms with Crippen LogP contribution < -0.4 is 9.47 Å². The molecule has 0 aromatic heterocycles. The Hall–Kier alpha value is -3.18. The SMILES string of the molecule is CCCCCCC(C)Oc1ccc(-c2ccc(OC(=O)c3ccc(CC(C)(CC)COC)cc3)cc2)cc1F. The quantitative estimate of drug-likeness (QED) is 0.111. The number of benzene rings is 3. The van der Waals surface area contributed by atoms with Crippen LogP contribution in [0.25, 0.3) is 11.1 Å². The van der Waals surface area contributed by atoms with Crippen LogP contribution in [0.3, 0.4) is 0 Å². The molecule has 0 fully saturated rings. The predicted molar refractivity (Wildman–Crippen MR) is 156 cm³/mol. The van der Waals surface area contributed by atoms with Gasteiger partial charge in [-0.25, -0.2) is 9.18 Å². The number of halogens is 1. The Labute approximate surface area is 233 Å². The van der Waals surface area contributed by atoms with E-state index < -0.39 is 5.97 Å². The maximum absolute atomic E-state index is 14.8. The normalized spacial score (nSPS) is 13.5. The fraction of sp³-hybridized carbons (Fsp3) is 0.441. The maximum atomic E-state index is 14.8. The first kappa shape index (κ1) is 30.4. The van der Waals surface area contributed by atoms with Crippen molar-refractivity contribution >= 4 is 5.97 Å². The van der Waals surface area contributed by atoms with Gasteiger partial charge in [-0.15, -0.1) is 0 Å². The highest BCUT2D eigenvalue weighted by Gasteiger charge is 2.22. The molecule has 0 saturated heterocycles. The number of methoxy groups -OCH3 is 1. The zero-order chi connectivity index (χ0) is 28.3. The second-order valence-electron chi connectivity index (χ2n) is 10.8. The van der Waals surface area contributed by atoms with Gasteiger partial charge in [0.15, 0.2) is 11.6 Å². The average Bonchev–Trinajstić information content (AvgIpc) is 2.93. The molecule has 3 rings (SSSR count). The number of ether oxygens (including phenoxy) is 3. The molecule has 0 bridgehead atoms. The Bertz CT molecular complexity index is 1170. The van der Waals surface area contributed by atoms with Crippen molar-refractivity contribution in [1.29, 1.82) is 0 Å². The standard InChI is InChI=1S/C34H43FO4/c1-6-8-9-10-11-25(3)38-32-21-18-29(22-31(32)35)27-16-19-30(20-17-27)39-33(36)28-14-12-26(13-15-28)23-34(4,7-2)24-37-5/h12-22,25H,6-11,23-24H2,1-5H3. The maximum Gasteiger partial charge on any atom is 0.343 e. The zero-order valence-electron chi connectivity index (χ0n) is 24.1. The van der Waals surface area contributed by atoms with Crippen LogP contribution in [-0.2, 0) is 11.2 Å². The van der Waals surface area contributed by atoms with Crippen molar-refractivity contribution in [3.8, 4) is 22.6 Å². The van der Waals surface area contributed by atoms with Gasteiger partial charge in [0.2, 0.25) is 0 Å². The second-order valence-corrected chi connectivity index (χ2v) is 10.8. The lowest BCUT2D eigenvalue weighted by atomic mass is 9.82. The number of esters is 1. The lowest BCUT2D eigenvalue weighted by Crippen LogP contribution is -2.24. The van der Waals surface area contributed by atoms with Gasteiger partial charge in [-0.3, -0.25) is 0 Å². The minimum Gasteiger partial charge on any atom is -0.488 e. The third kappa shape index (κ3) is 9.21. The van der Waals surface area contributed by atoms with Crippen molar-refractivity contribution < 1.29 is 23.4 Å². The third-order valence-corrected chi connectivity index (χ3v) is 7.29. The number of hydrogen-bond donors (Lipinski definition) is 0. The lowest BCUT2D eigenvalue weighted by Gasteiger charge is -2.27. The number of carbonyl (C=O) groups excluding carboxylic acids is 1. The van der Waals surface area contributed by atoms with Crippen molar-refractivity contribution in [3.05, 3.63) is 83.7 Å². The summed E-state index contributed by atoms with van der Waals surface area (Å²) >= 11 is 0. The Balaban J connectivity index is 1.57. The van der Waals surface area contributed by atoms with Crippen LogP contribution in [0.1, 0.15) is 82.1 Å². The van der Waals surface area contributed by atoms with Crippen LogP contribution in [0.5, 0.6) is 11.5 Å². The molecule has 0 amide bonds. The number of carbonyl (C=O) groups is 1. The fourth-order valence-corrected chi connectivity index (χ4v) is 4.67. The van der Waals surface area contributed by atoms with E-state index in [1.54, 1.807) is 37.4 Å². The van der Waals surface area contributed by atoms with Crippen molar-refractivity contribution in [3.63, 3.8) is 0 Å². The van der Waals surface area contributed by atoms with Gasteiger partial charge in [-0.05, 0) is 91.1 Å². The van der Waals surface area contributed by atoms with Crippen molar-refractivity contribution in [2.45, 2.75) is 78.7 Å². The topological polar surface area (TPSA) is 44.8 Å². The van der Waals surface area contributed by atoms with Crippen molar-refractivity contribution in [2.75, 3.05) is 13.7 Å². The highest BCUT2D eigenvalue weighted by molar-refractivity contribution is 5.91. The van der Waals surface area contributed by atoms with E-state index in [1.807, 2.05) is 37.3 Å². The summed E-state index contributed by atoms with van der Waals surface area (Å²) in [6.45, 7) is 9.22. The zero-order valence-corrected chi connectivity index (χ0v) is 24.1. The minimum absolute atomic E-state index is 0.0282. The number of unbranched alkanes of at least 4 members (excludes halogenated alkanes) is 3. The van der Waals surface area contributed by atoms with E-state index in [0.717, 1.165) is 42.4 Å². The van der Waals surface area contributed by atoms with Gasteiger partial charge in [0, 0.05) is 7.11 Å². The number of hydrogen-bond acceptors (Lipinski definition) is 4. The van der Waals surface area contributed by atoms with Crippen LogP contribution in [0.4, 0.5) is 4.39 Å². The van der Waals surface area contributed by atoms with Crippen molar-refractivity contribution in [1.82, 2.24) is 0 Å². The Morgan fingerprint density at radius 3 is 2.23 bits per heavy atom. The monoisotopic (exact) mass is 534 g/mol. The largest absolute Gasteiger partial charge is 0.488 e. The Morgan fingerprint density at radius 1 is 0.923 bits per heavy atom. The first-order valence-electron chi connectivity index (χ1n) is 14.1. The van der Waals surface area contributed by atoms with Crippen LogP contribution >= 0.6 is 0 Å². The Morgan fingerprint density at radius 2 is 1.62 bits per heavy atom. The second kappa shape index (κ2) is 14.8. The number of rotatable bonds is 15. The molecule has 0 saturated carbocycles. The van der Waals surface area contributed by atoms with E-state index >= 15 is 0 Å². The summed E-state index contributed by atoms with van der Waals surface area (Å²) < 4.78 is 31.5. The summed E-state index contributed by atoms with van der Waals surface area (Å²) in [5.41, 5.74) is 3.26. The molecular weight excluding hydrogens is 491 g/mol. The first-order valence-corrected chi connectivity index (χ1v) is 14.1. The molecule has 3 aromatic rings. The summed E-state index contributed by atoms with van der Waals surface area (Å²) in [7, 11) is 1.72. The summed E-state index contributed by atoms with van der Waals surface area (Å²) in [5, 5.41) is 0. The molecule has 3 aromatic carbocycles. The summed E-state index contributed by atoms with van der Waals surface area (Å²) in [5.74, 6) is -0.0886. The van der Waals surface area contributed by atoms with E-state index in [0.29, 0.717) is 17.9 Å². The van der Waals surface area contributed by atoms with Crippen LogP contribution in [0.15, 0.2) is 66.7 Å². The van der Waals surface area contributed by atoms with Crippen molar-refractivity contribution in [2.24, 2.45) is 5.41 Å². The molecule has 0 aliphatic rings. The van der Waals surface area contributed by atoms with E-state index in [2.05, 4.69) is 20.8 Å². The molecule has 0 N–H and O–H groups in total. The molecule has 4 nitrogen and oxygen atoms in total. The van der Waals surface area contributed by atoms with Crippen LogP contribution in [0.2, 0.25) is 0 Å².